The van der Waals surface area contributed by atoms with E-state index in [0.717, 1.165) is 0 Å². The van der Waals surface area contributed by atoms with Crippen LogP contribution in [0, 0.1) is 5.41 Å². The van der Waals surface area contributed by atoms with Crippen molar-refractivity contribution in [2.45, 2.75) is 26.0 Å². The van der Waals surface area contributed by atoms with Crippen LogP contribution in [-0.4, -0.2) is 34.2 Å². The largest absolute Gasteiger partial charge is 0.399 e. The SMILES string of the molecule is C=C(N)c1cccc(-c2cn(CC(CO)(C(F)F)C(F)F)c3cc(CO)ccc23)c1. The molecule has 3 aromatic rings. The summed E-state index contributed by atoms with van der Waals surface area (Å²) in [6.45, 7) is 1.23. The van der Waals surface area contributed by atoms with Gasteiger partial charge in [-0.2, -0.15) is 0 Å². The summed E-state index contributed by atoms with van der Waals surface area (Å²) in [5, 5.41) is 19.5. The molecule has 4 nitrogen and oxygen atoms in total. The van der Waals surface area contributed by atoms with Crippen LogP contribution in [0.1, 0.15) is 11.1 Å². The molecular weight excluding hydrogens is 400 g/mol. The quantitative estimate of drug-likeness (QED) is 0.476. The van der Waals surface area contributed by atoms with Crippen LogP contribution in [0.4, 0.5) is 17.6 Å². The maximum Gasteiger partial charge on any atom is 0.253 e. The van der Waals surface area contributed by atoms with Crippen LogP contribution in [0.5, 0.6) is 0 Å². The van der Waals surface area contributed by atoms with Gasteiger partial charge in [-0.25, -0.2) is 17.6 Å². The van der Waals surface area contributed by atoms with E-state index >= 15 is 0 Å². The Morgan fingerprint density at radius 1 is 1.07 bits per heavy atom. The third kappa shape index (κ3) is 3.80. The molecule has 1 aromatic heterocycles. The first-order chi connectivity index (χ1) is 14.2. The lowest BCUT2D eigenvalue weighted by molar-refractivity contribution is -0.141. The molecule has 4 N–H and O–H groups in total. The topological polar surface area (TPSA) is 71.4 Å². The lowest BCUT2D eigenvalue weighted by atomic mass is 9.89. The molecule has 0 aliphatic heterocycles. The lowest BCUT2D eigenvalue weighted by Gasteiger charge is -2.30. The van der Waals surface area contributed by atoms with Gasteiger partial charge in [0.05, 0.1) is 13.2 Å². The number of aliphatic hydroxyl groups excluding tert-OH is 2. The Labute approximate surface area is 170 Å². The van der Waals surface area contributed by atoms with Crippen molar-refractivity contribution in [3.05, 3.63) is 66.4 Å². The summed E-state index contributed by atoms with van der Waals surface area (Å²) in [4.78, 5) is 0. The van der Waals surface area contributed by atoms with Crippen LogP contribution in [0.25, 0.3) is 27.7 Å². The first-order valence-corrected chi connectivity index (χ1v) is 9.18. The highest BCUT2D eigenvalue weighted by molar-refractivity contribution is 5.96. The summed E-state index contributed by atoms with van der Waals surface area (Å²) in [5.41, 5.74) is 6.08. The molecule has 0 aliphatic rings. The van der Waals surface area contributed by atoms with Crippen molar-refractivity contribution < 1.29 is 27.8 Å². The fourth-order valence-electron chi connectivity index (χ4n) is 3.42. The highest BCUT2D eigenvalue weighted by Crippen LogP contribution is 2.39. The third-order valence-corrected chi connectivity index (χ3v) is 5.30. The van der Waals surface area contributed by atoms with E-state index in [1.54, 1.807) is 42.5 Å². The third-order valence-electron chi connectivity index (χ3n) is 5.30. The minimum Gasteiger partial charge on any atom is -0.399 e. The van der Waals surface area contributed by atoms with Gasteiger partial charge in [-0.1, -0.05) is 36.9 Å². The van der Waals surface area contributed by atoms with Gasteiger partial charge in [-0.3, -0.25) is 0 Å². The highest BCUT2D eigenvalue weighted by Gasteiger charge is 2.49. The van der Waals surface area contributed by atoms with E-state index in [4.69, 9.17) is 5.73 Å². The van der Waals surface area contributed by atoms with Crippen LogP contribution in [0.3, 0.4) is 0 Å². The zero-order valence-corrected chi connectivity index (χ0v) is 16.0. The van der Waals surface area contributed by atoms with Gasteiger partial charge >= 0.3 is 0 Å². The van der Waals surface area contributed by atoms with Gasteiger partial charge in [0.2, 0.25) is 0 Å². The van der Waals surface area contributed by atoms with E-state index in [9.17, 15) is 27.8 Å². The number of benzene rings is 2. The molecule has 3 rings (SSSR count). The molecule has 8 heteroatoms. The second-order valence-corrected chi connectivity index (χ2v) is 7.28. The molecular formula is C22H22F4N2O2. The summed E-state index contributed by atoms with van der Waals surface area (Å²) in [5.74, 6) is 0. The number of hydrogen-bond donors (Lipinski definition) is 3. The smallest absolute Gasteiger partial charge is 0.253 e. The molecule has 0 fully saturated rings. The molecule has 0 unspecified atom stereocenters. The second-order valence-electron chi connectivity index (χ2n) is 7.28. The van der Waals surface area contributed by atoms with Gasteiger partial charge in [0.1, 0.15) is 5.41 Å². The van der Waals surface area contributed by atoms with E-state index in [0.29, 0.717) is 38.9 Å². The highest BCUT2D eigenvalue weighted by atomic mass is 19.3. The Morgan fingerprint density at radius 2 is 1.77 bits per heavy atom. The van der Waals surface area contributed by atoms with Gasteiger partial charge in [0.15, 0.2) is 0 Å². The average Bonchev–Trinajstić information content (AvgIpc) is 3.08. The summed E-state index contributed by atoms with van der Waals surface area (Å²) in [6, 6.07) is 12.0. The summed E-state index contributed by atoms with van der Waals surface area (Å²) < 4.78 is 55.6. The Balaban J connectivity index is 2.22. The number of aliphatic hydroxyl groups is 2. The predicted molar refractivity (Wildman–Crippen MR) is 108 cm³/mol. The van der Waals surface area contributed by atoms with Crippen molar-refractivity contribution >= 4 is 16.6 Å². The van der Waals surface area contributed by atoms with Crippen LogP contribution in [-0.2, 0) is 13.2 Å². The lowest BCUT2D eigenvalue weighted by Crippen LogP contribution is -2.44. The Morgan fingerprint density at radius 3 is 2.33 bits per heavy atom. The molecule has 0 saturated heterocycles. The van der Waals surface area contributed by atoms with E-state index in [-0.39, 0.29) is 6.61 Å². The molecule has 0 bridgehead atoms. The predicted octanol–water partition coefficient (Wildman–Crippen LogP) is 4.24. The number of halogens is 4. The number of aromatic nitrogens is 1. The Bertz CT molecular complexity index is 1050. The number of alkyl halides is 4. The minimum absolute atomic E-state index is 0.298. The van der Waals surface area contributed by atoms with Crippen LogP contribution in [0.2, 0.25) is 0 Å². The van der Waals surface area contributed by atoms with Crippen LogP contribution < -0.4 is 5.73 Å². The van der Waals surface area contributed by atoms with E-state index in [1.165, 1.54) is 10.8 Å². The van der Waals surface area contributed by atoms with Crippen molar-refractivity contribution in [3.63, 3.8) is 0 Å². The molecule has 1 heterocycles. The molecule has 0 spiro atoms. The second kappa shape index (κ2) is 8.49. The summed E-state index contributed by atoms with van der Waals surface area (Å²) >= 11 is 0. The summed E-state index contributed by atoms with van der Waals surface area (Å²) in [7, 11) is 0. The van der Waals surface area contributed by atoms with Gasteiger partial charge in [0, 0.05) is 34.9 Å². The number of hydrogen-bond acceptors (Lipinski definition) is 3. The normalized spacial score (nSPS) is 12.3. The maximum absolute atomic E-state index is 13.6. The standard InChI is InChI=1S/C22H22F4N2O2/c1-13(27)15-3-2-4-16(8-15)18-9-28(11-22(12-30,20(23)24)21(25)26)19-7-14(10-29)5-6-17(18)19/h2-9,20-21,29-30H,1,10-12,27H2. The van der Waals surface area contributed by atoms with Crippen molar-refractivity contribution in [2.75, 3.05) is 6.61 Å². The zero-order valence-electron chi connectivity index (χ0n) is 16.0. The van der Waals surface area contributed by atoms with E-state index < -0.39 is 31.4 Å². The Kier molecular flexibility index (Phi) is 6.19. The average molecular weight is 422 g/mol. The molecule has 160 valence electrons. The molecule has 0 atom stereocenters. The first kappa shape index (κ1) is 21.9. The molecule has 30 heavy (non-hydrogen) atoms. The zero-order chi connectivity index (χ0) is 22.1. The molecule has 2 aromatic carbocycles. The summed E-state index contributed by atoms with van der Waals surface area (Å²) in [6.07, 6.45) is -5.37. The van der Waals surface area contributed by atoms with Crippen LogP contribution in [0.15, 0.2) is 55.2 Å². The van der Waals surface area contributed by atoms with Gasteiger partial charge in [0.25, 0.3) is 12.9 Å². The molecule has 0 saturated carbocycles. The number of rotatable bonds is 8. The van der Waals surface area contributed by atoms with Crippen molar-refractivity contribution in [3.8, 4) is 11.1 Å². The minimum atomic E-state index is -3.44. The molecule has 0 radical (unpaired) electrons. The van der Waals surface area contributed by atoms with E-state index in [1.807, 2.05) is 0 Å². The van der Waals surface area contributed by atoms with Gasteiger partial charge in [-0.05, 0) is 28.8 Å². The number of fused-ring (bicyclic) bond motifs is 1. The van der Waals surface area contributed by atoms with Gasteiger partial charge < -0.3 is 20.5 Å². The fraction of sp³-hybridized carbons (Fsp3) is 0.273. The van der Waals surface area contributed by atoms with Gasteiger partial charge in [-0.15, -0.1) is 0 Å². The Hall–Kier alpha value is -2.84. The molecule has 0 amide bonds. The number of nitrogens with two attached hydrogens (primary N) is 1. The first-order valence-electron chi connectivity index (χ1n) is 9.18. The fourth-order valence-corrected chi connectivity index (χ4v) is 3.42. The molecule has 0 aliphatic carbocycles. The van der Waals surface area contributed by atoms with Crippen molar-refractivity contribution in [2.24, 2.45) is 11.1 Å². The van der Waals surface area contributed by atoms with E-state index in [2.05, 4.69) is 6.58 Å². The maximum atomic E-state index is 13.6. The van der Waals surface area contributed by atoms with Crippen molar-refractivity contribution in [1.82, 2.24) is 4.57 Å². The van der Waals surface area contributed by atoms with Crippen molar-refractivity contribution in [1.29, 1.82) is 0 Å². The van der Waals surface area contributed by atoms with Crippen LogP contribution >= 0.6 is 0 Å². The number of nitrogens with zero attached hydrogens (tertiary/aromatic N) is 1. The monoisotopic (exact) mass is 422 g/mol.